The average Bonchev–Trinajstić information content (AvgIpc) is 2.92. The van der Waals surface area contributed by atoms with Crippen molar-refractivity contribution in [2.45, 2.75) is 65.5 Å². The first-order valence-electron chi connectivity index (χ1n) is 8.94. The number of likely N-dealkylation sites (N-methyl/N-ethyl adjacent to an activating group) is 1. The number of anilines is 1. The van der Waals surface area contributed by atoms with Crippen molar-refractivity contribution >= 4 is 11.6 Å². The molecule has 0 saturated carbocycles. The van der Waals surface area contributed by atoms with Crippen molar-refractivity contribution in [2.24, 2.45) is 0 Å². The lowest BCUT2D eigenvalue weighted by Gasteiger charge is -2.28. The number of hydrogen-bond acceptors (Lipinski definition) is 3. The van der Waals surface area contributed by atoms with Gasteiger partial charge in [-0.15, -0.1) is 0 Å². The Morgan fingerprint density at radius 2 is 2.09 bits per heavy atom. The van der Waals surface area contributed by atoms with E-state index >= 15 is 0 Å². The predicted octanol–water partition coefficient (Wildman–Crippen LogP) is 3.85. The fraction of sp³-hybridized carbons (Fsp3) is 0.632. The molecule has 1 aromatic rings. The minimum absolute atomic E-state index is 0.0698. The molecule has 23 heavy (non-hydrogen) atoms. The summed E-state index contributed by atoms with van der Waals surface area (Å²) in [5.41, 5.74) is 1.99. The lowest BCUT2D eigenvalue weighted by Crippen LogP contribution is -2.44. The normalized spacial score (nSPS) is 17.7. The Labute approximate surface area is 140 Å². The fourth-order valence-corrected chi connectivity index (χ4v) is 3.29. The molecule has 4 heteroatoms. The van der Waals surface area contributed by atoms with Gasteiger partial charge in [0.25, 0.3) is 0 Å². The second-order valence-corrected chi connectivity index (χ2v) is 6.29. The molecule has 1 N–H and O–H groups in total. The van der Waals surface area contributed by atoms with Crippen molar-refractivity contribution in [1.82, 2.24) is 4.90 Å². The first-order valence-corrected chi connectivity index (χ1v) is 8.94. The number of carbonyl (C=O) groups excluding carboxylic acids is 1. The van der Waals surface area contributed by atoms with Gasteiger partial charge in [-0.3, -0.25) is 9.69 Å². The van der Waals surface area contributed by atoms with Crippen LogP contribution in [0.4, 0.5) is 5.69 Å². The zero-order valence-electron chi connectivity index (χ0n) is 14.9. The summed E-state index contributed by atoms with van der Waals surface area (Å²) >= 11 is 0. The van der Waals surface area contributed by atoms with Crippen molar-refractivity contribution in [3.05, 3.63) is 23.8 Å². The maximum Gasteiger partial charge on any atom is 0.241 e. The second kappa shape index (κ2) is 8.34. The van der Waals surface area contributed by atoms with E-state index in [1.165, 1.54) is 5.56 Å². The SMILES string of the molecule is CCCC[C@@H](C(=O)Nc1cccc2c1O[C@@H](C)C2)N(CC)CC. The van der Waals surface area contributed by atoms with Crippen LogP contribution in [-0.4, -0.2) is 36.0 Å². The summed E-state index contributed by atoms with van der Waals surface area (Å²) in [5.74, 6) is 0.931. The number of fused-ring (bicyclic) bond motifs is 1. The number of nitrogens with one attached hydrogen (secondary N) is 1. The molecular formula is C19H30N2O2. The van der Waals surface area contributed by atoms with Crippen LogP contribution in [-0.2, 0) is 11.2 Å². The number of para-hydroxylation sites is 1. The van der Waals surface area contributed by atoms with E-state index in [9.17, 15) is 4.79 Å². The number of unbranched alkanes of at least 4 members (excludes halogenated alkanes) is 1. The summed E-state index contributed by atoms with van der Waals surface area (Å²) < 4.78 is 5.88. The van der Waals surface area contributed by atoms with E-state index < -0.39 is 0 Å². The Morgan fingerprint density at radius 3 is 2.74 bits per heavy atom. The van der Waals surface area contributed by atoms with Gasteiger partial charge in [-0.2, -0.15) is 0 Å². The Kier molecular flexibility index (Phi) is 6.46. The lowest BCUT2D eigenvalue weighted by atomic mass is 10.1. The molecular weight excluding hydrogens is 288 g/mol. The molecule has 2 atom stereocenters. The van der Waals surface area contributed by atoms with Gasteiger partial charge in [0, 0.05) is 6.42 Å². The first kappa shape index (κ1) is 17.8. The van der Waals surface area contributed by atoms with E-state index in [0.717, 1.165) is 50.2 Å². The number of hydrogen-bond donors (Lipinski definition) is 1. The van der Waals surface area contributed by atoms with Crippen LogP contribution in [0.2, 0.25) is 0 Å². The number of carbonyl (C=O) groups is 1. The maximum atomic E-state index is 12.9. The van der Waals surface area contributed by atoms with Gasteiger partial charge < -0.3 is 10.1 Å². The molecule has 1 amide bonds. The highest BCUT2D eigenvalue weighted by molar-refractivity contribution is 5.96. The van der Waals surface area contributed by atoms with Gasteiger partial charge >= 0.3 is 0 Å². The van der Waals surface area contributed by atoms with Gasteiger partial charge in [-0.05, 0) is 38.1 Å². The van der Waals surface area contributed by atoms with Crippen molar-refractivity contribution in [1.29, 1.82) is 0 Å². The third-order valence-electron chi connectivity index (χ3n) is 4.57. The quantitative estimate of drug-likeness (QED) is 0.791. The van der Waals surface area contributed by atoms with Gasteiger partial charge in [-0.25, -0.2) is 0 Å². The molecule has 0 bridgehead atoms. The van der Waals surface area contributed by atoms with E-state index in [1.807, 2.05) is 12.1 Å². The zero-order valence-corrected chi connectivity index (χ0v) is 14.9. The van der Waals surface area contributed by atoms with Crippen LogP contribution in [0.25, 0.3) is 0 Å². The molecule has 0 radical (unpaired) electrons. The maximum absolute atomic E-state index is 12.9. The molecule has 0 spiro atoms. The Bertz CT molecular complexity index is 526. The van der Waals surface area contributed by atoms with Crippen molar-refractivity contribution < 1.29 is 9.53 Å². The van der Waals surface area contributed by atoms with Gasteiger partial charge in [0.05, 0.1) is 11.7 Å². The van der Waals surface area contributed by atoms with Crippen molar-refractivity contribution in [3.63, 3.8) is 0 Å². The summed E-state index contributed by atoms with van der Waals surface area (Å²) in [6.07, 6.45) is 4.16. The summed E-state index contributed by atoms with van der Waals surface area (Å²) in [6, 6.07) is 5.94. The molecule has 0 fully saturated rings. The molecule has 128 valence electrons. The molecule has 1 aliphatic heterocycles. The van der Waals surface area contributed by atoms with Crippen LogP contribution in [0.3, 0.4) is 0 Å². The van der Waals surface area contributed by atoms with E-state index in [-0.39, 0.29) is 18.1 Å². The fourth-order valence-electron chi connectivity index (χ4n) is 3.29. The van der Waals surface area contributed by atoms with Crippen LogP contribution >= 0.6 is 0 Å². The molecule has 1 aromatic carbocycles. The minimum atomic E-state index is -0.0698. The number of amides is 1. The number of ether oxygens (including phenoxy) is 1. The topological polar surface area (TPSA) is 41.6 Å². The smallest absolute Gasteiger partial charge is 0.241 e. The molecule has 0 unspecified atom stereocenters. The average molecular weight is 318 g/mol. The Hall–Kier alpha value is -1.55. The molecule has 1 heterocycles. The minimum Gasteiger partial charge on any atom is -0.488 e. The number of nitrogens with zero attached hydrogens (tertiary/aromatic N) is 1. The Balaban J connectivity index is 2.14. The van der Waals surface area contributed by atoms with Gasteiger partial charge in [0.2, 0.25) is 5.91 Å². The van der Waals surface area contributed by atoms with Crippen LogP contribution in [0.15, 0.2) is 18.2 Å². The summed E-state index contributed by atoms with van der Waals surface area (Å²) in [4.78, 5) is 15.1. The first-order chi connectivity index (χ1) is 11.1. The predicted molar refractivity (Wildman–Crippen MR) is 95.1 cm³/mol. The van der Waals surface area contributed by atoms with Crippen LogP contribution in [0.5, 0.6) is 5.75 Å². The van der Waals surface area contributed by atoms with Crippen molar-refractivity contribution in [3.8, 4) is 5.75 Å². The monoisotopic (exact) mass is 318 g/mol. The van der Waals surface area contributed by atoms with Crippen LogP contribution < -0.4 is 10.1 Å². The second-order valence-electron chi connectivity index (χ2n) is 6.29. The third-order valence-corrected chi connectivity index (χ3v) is 4.57. The summed E-state index contributed by atoms with van der Waals surface area (Å²) in [6.45, 7) is 10.2. The largest absolute Gasteiger partial charge is 0.488 e. The number of rotatable bonds is 8. The van der Waals surface area contributed by atoms with Crippen molar-refractivity contribution in [2.75, 3.05) is 18.4 Å². The highest BCUT2D eigenvalue weighted by Crippen LogP contribution is 2.36. The highest BCUT2D eigenvalue weighted by atomic mass is 16.5. The molecule has 2 rings (SSSR count). The molecule has 0 aliphatic carbocycles. The number of benzene rings is 1. The van der Waals surface area contributed by atoms with E-state index in [4.69, 9.17) is 4.74 Å². The molecule has 0 aromatic heterocycles. The summed E-state index contributed by atoms with van der Waals surface area (Å²) in [7, 11) is 0. The molecule has 4 nitrogen and oxygen atoms in total. The van der Waals surface area contributed by atoms with E-state index in [0.29, 0.717) is 0 Å². The zero-order chi connectivity index (χ0) is 16.8. The molecule has 1 aliphatic rings. The van der Waals surface area contributed by atoms with Crippen LogP contribution in [0, 0.1) is 0 Å². The highest BCUT2D eigenvalue weighted by Gasteiger charge is 2.27. The third kappa shape index (κ3) is 4.25. The Morgan fingerprint density at radius 1 is 1.35 bits per heavy atom. The van der Waals surface area contributed by atoms with E-state index in [1.54, 1.807) is 0 Å². The van der Waals surface area contributed by atoms with Gasteiger partial charge in [0.1, 0.15) is 11.9 Å². The van der Waals surface area contributed by atoms with Crippen LogP contribution in [0.1, 0.15) is 52.5 Å². The lowest BCUT2D eigenvalue weighted by molar-refractivity contribution is -0.121. The van der Waals surface area contributed by atoms with Gasteiger partial charge in [0.15, 0.2) is 0 Å². The standard InChI is InChI=1S/C19H30N2O2/c1-5-8-12-17(21(6-2)7-3)19(22)20-16-11-9-10-15-13-14(4)23-18(15)16/h9-11,14,17H,5-8,12-13H2,1-4H3,(H,20,22)/t14-,17-/m0/s1. The molecule has 0 saturated heterocycles. The van der Waals surface area contributed by atoms with E-state index in [2.05, 4.69) is 44.0 Å². The summed E-state index contributed by atoms with van der Waals surface area (Å²) in [5, 5.41) is 3.12. The van der Waals surface area contributed by atoms with Gasteiger partial charge in [-0.1, -0.05) is 45.7 Å².